The van der Waals surface area contributed by atoms with E-state index in [1.54, 1.807) is 0 Å². The Balaban J connectivity index is 3.26. The molecular formula is C10H11FN2O3S. The predicted octanol–water partition coefficient (Wildman–Crippen LogP) is 0.356. The highest BCUT2D eigenvalue weighted by Crippen LogP contribution is 2.17. The zero-order chi connectivity index (χ0) is 13.1. The van der Waals surface area contributed by atoms with Gasteiger partial charge in [0.15, 0.2) is 0 Å². The molecule has 1 aromatic rings. The van der Waals surface area contributed by atoms with Crippen molar-refractivity contribution in [1.82, 2.24) is 4.72 Å². The summed E-state index contributed by atoms with van der Waals surface area (Å²) in [7, 11) is -4.01. The van der Waals surface area contributed by atoms with Crippen LogP contribution in [0.2, 0.25) is 0 Å². The zero-order valence-electron chi connectivity index (χ0n) is 9.01. The number of aliphatic hydroxyl groups is 1. The molecule has 0 heterocycles. The van der Waals surface area contributed by atoms with E-state index < -0.39 is 38.9 Å². The van der Waals surface area contributed by atoms with E-state index in [-0.39, 0.29) is 0 Å². The average molecular weight is 258 g/mol. The van der Waals surface area contributed by atoms with Gasteiger partial charge in [-0.25, -0.2) is 17.5 Å². The van der Waals surface area contributed by atoms with Crippen LogP contribution < -0.4 is 4.72 Å². The number of hydrogen-bond donors (Lipinski definition) is 2. The predicted molar refractivity (Wildman–Crippen MR) is 58.0 cm³/mol. The molecule has 0 bridgehead atoms. The van der Waals surface area contributed by atoms with E-state index in [0.717, 1.165) is 12.1 Å². The van der Waals surface area contributed by atoms with Crippen LogP contribution >= 0.6 is 0 Å². The highest BCUT2D eigenvalue weighted by molar-refractivity contribution is 7.89. The van der Waals surface area contributed by atoms with Gasteiger partial charge in [0.2, 0.25) is 10.0 Å². The normalized spacial score (nSPS) is 13.1. The standard InChI is InChI=1S/C10H11FN2O3S/c1-7(6-14)13-17(15,16)10-4-2-3-9(11)8(10)5-12/h2-4,7,13-14H,6H2,1H3/t7-/m1/s1. The van der Waals surface area contributed by atoms with Crippen LogP contribution in [0.3, 0.4) is 0 Å². The number of halogens is 1. The molecule has 0 amide bonds. The third kappa shape index (κ3) is 3.00. The van der Waals surface area contributed by atoms with E-state index in [9.17, 15) is 12.8 Å². The Morgan fingerprint density at radius 3 is 2.76 bits per heavy atom. The summed E-state index contributed by atoms with van der Waals surface area (Å²) in [5.41, 5.74) is -0.537. The molecule has 0 saturated heterocycles. The van der Waals surface area contributed by atoms with Crippen LogP contribution in [0.4, 0.5) is 4.39 Å². The molecule has 0 aliphatic carbocycles. The SMILES string of the molecule is C[C@H](CO)NS(=O)(=O)c1cccc(F)c1C#N. The van der Waals surface area contributed by atoms with E-state index in [1.165, 1.54) is 19.1 Å². The topological polar surface area (TPSA) is 90.2 Å². The second-order valence-corrected chi connectivity index (χ2v) is 5.11. The van der Waals surface area contributed by atoms with Gasteiger partial charge in [0.1, 0.15) is 22.3 Å². The van der Waals surface area contributed by atoms with Crippen LogP contribution in [0, 0.1) is 17.1 Å². The van der Waals surface area contributed by atoms with Crippen molar-refractivity contribution in [1.29, 1.82) is 5.26 Å². The monoisotopic (exact) mass is 258 g/mol. The summed E-state index contributed by atoms with van der Waals surface area (Å²) in [4.78, 5) is -0.430. The molecule has 0 spiro atoms. The molecule has 0 aliphatic rings. The van der Waals surface area contributed by atoms with Crippen LogP contribution in [-0.2, 0) is 10.0 Å². The summed E-state index contributed by atoms with van der Waals surface area (Å²) in [5, 5.41) is 17.5. The van der Waals surface area contributed by atoms with Gasteiger partial charge in [0, 0.05) is 6.04 Å². The second kappa shape index (κ2) is 5.23. The molecule has 17 heavy (non-hydrogen) atoms. The van der Waals surface area contributed by atoms with Crippen LogP contribution in [-0.4, -0.2) is 26.2 Å². The number of nitrogens with zero attached hydrogens (tertiary/aromatic N) is 1. The third-order valence-corrected chi connectivity index (χ3v) is 3.64. The first-order valence-electron chi connectivity index (χ1n) is 4.74. The first-order valence-corrected chi connectivity index (χ1v) is 6.22. The van der Waals surface area contributed by atoms with Gasteiger partial charge in [0.25, 0.3) is 0 Å². The quantitative estimate of drug-likeness (QED) is 0.815. The van der Waals surface area contributed by atoms with Crippen molar-refractivity contribution in [2.75, 3.05) is 6.61 Å². The molecule has 0 fully saturated rings. The lowest BCUT2D eigenvalue weighted by molar-refractivity contribution is 0.265. The van der Waals surface area contributed by atoms with Gasteiger partial charge >= 0.3 is 0 Å². The fraction of sp³-hybridized carbons (Fsp3) is 0.300. The smallest absolute Gasteiger partial charge is 0.242 e. The molecule has 5 nitrogen and oxygen atoms in total. The minimum absolute atomic E-state index is 0.392. The van der Waals surface area contributed by atoms with Gasteiger partial charge in [-0.2, -0.15) is 5.26 Å². The van der Waals surface area contributed by atoms with Gasteiger partial charge in [-0.1, -0.05) is 6.07 Å². The Morgan fingerprint density at radius 2 is 2.24 bits per heavy atom. The molecule has 0 aliphatic heterocycles. The van der Waals surface area contributed by atoms with E-state index in [0.29, 0.717) is 0 Å². The largest absolute Gasteiger partial charge is 0.395 e. The fourth-order valence-electron chi connectivity index (χ4n) is 1.20. The van der Waals surface area contributed by atoms with E-state index in [4.69, 9.17) is 10.4 Å². The molecule has 92 valence electrons. The van der Waals surface area contributed by atoms with Crippen LogP contribution in [0.1, 0.15) is 12.5 Å². The molecule has 7 heteroatoms. The van der Waals surface area contributed by atoms with Gasteiger partial charge < -0.3 is 5.11 Å². The van der Waals surface area contributed by atoms with Gasteiger partial charge in [0.05, 0.1) is 6.61 Å². The number of nitrogens with one attached hydrogen (secondary N) is 1. The lowest BCUT2D eigenvalue weighted by Gasteiger charge is -2.12. The Morgan fingerprint density at radius 1 is 1.59 bits per heavy atom. The van der Waals surface area contributed by atoms with Crippen LogP contribution in [0.5, 0.6) is 0 Å². The minimum Gasteiger partial charge on any atom is -0.395 e. The van der Waals surface area contributed by atoms with Crippen molar-refractivity contribution >= 4 is 10.0 Å². The molecule has 1 aromatic carbocycles. The maximum atomic E-state index is 13.2. The molecule has 1 atom stereocenters. The van der Waals surface area contributed by atoms with Crippen molar-refractivity contribution in [3.63, 3.8) is 0 Å². The molecular weight excluding hydrogens is 247 g/mol. The summed E-state index contributed by atoms with van der Waals surface area (Å²) >= 11 is 0. The highest BCUT2D eigenvalue weighted by Gasteiger charge is 2.22. The second-order valence-electron chi connectivity index (χ2n) is 3.43. The van der Waals surface area contributed by atoms with Gasteiger partial charge in [-0.3, -0.25) is 0 Å². The zero-order valence-corrected chi connectivity index (χ0v) is 9.83. The third-order valence-electron chi connectivity index (χ3n) is 2.01. The first-order chi connectivity index (χ1) is 7.92. The van der Waals surface area contributed by atoms with Crippen molar-refractivity contribution < 1.29 is 17.9 Å². The number of benzene rings is 1. The summed E-state index contributed by atoms with van der Waals surface area (Å²) in [6, 6.07) is 4.13. The first kappa shape index (κ1) is 13.6. The number of hydrogen-bond acceptors (Lipinski definition) is 4. The van der Waals surface area contributed by atoms with Gasteiger partial charge in [-0.05, 0) is 19.1 Å². The summed E-state index contributed by atoms with van der Waals surface area (Å²) in [6.07, 6.45) is 0. The maximum absolute atomic E-state index is 13.2. The summed E-state index contributed by atoms with van der Waals surface area (Å²) < 4.78 is 39.0. The number of nitriles is 1. The Kier molecular flexibility index (Phi) is 4.17. The van der Waals surface area contributed by atoms with Crippen molar-refractivity contribution in [3.8, 4) is 6.07 Å². The number of sulfonamides is 1. The van der Waals surface area contributed by atoms with E-state index in [2.05, 4.69) is 4.72 Å². The lowest BCUT2D eigenvalue weighted by Crippen LogP contribution is -2.35. The van der Waals surface area contributed by atoms with Crippen molar-refractivity contribution in [2.45, 2.75) is 17.9 Å². The molecule has 0 unspecified atom stereocenters. The molecule has 0 aromatic heterocycles. The van der Waals surface area contributed by atoms with E-state index in [1.807, 2.05) is 0 Å². The highest BCUT2D eigenvalue weighted by atomic mass is 32.2. The molecule has 0 radical (unpaired) electrons. The van der Waals surface area contributed by atoms with Crippen LogP contribution in [0.15, 0.2) is 23.1 Å². The Bertz CT molecular complexity index is 551. The lowest BCUT2D eigenvalue weighted by atomic mass is 10.2. The Labute approximate surface area is 98.6 Å². The minimum atomic E-state index is -4.01. The van der Waals surface area contributed by atoms with Crippen molar-refractivity contribution in [3.05, 3.63) is 29.6 Å². The van der Waals surface area contributed by atoms with Crippen molar-refractivity contribution in [2.24, 2.45) is 0 Å². The maximum Gasteiger partial charge on any atom is 0.242 e. The summed E-state index contributed by atoms with van der Waals surface area (Å²) in [6.45, 7) is 1.05. The Hall–Kier alpha value is -1.49. The number of rotatable bonds is 4. The summed E-state index contributed by atoms with van der Waals surface area (Å²) in [5.74, 6) is -0.896. The molecule has 1 rings (SSSR count). The molecule has 2 N–H and O–H groups in total. The van der Waals surface area contributed by atoms with E-state index >= 15 is 0 Å². The molecule has 0 saturated carbocycles. The number of aliphatic hydroxyl groups excluding tert-OH is 1. The van der Waals surface area contributed by atoms with Crippen LogP contribution in [0.25, 0.3) is 0 Å². The fourth-order valence-corrected chi connectivity index (χ4v) is 2.60. The average Bonchev–Trinajstić information content (AvgIpc) is 2.28. The van der Waals surface area contributed by atoms with Gasteiger partial charge in [-0.15, -0.1) is 0 Å².